The Bertz CT molecular complexity index is 409. The molecule has 92 valence electrons. The second-order valence-corrected chi connectivity index (χ2v) is 4.41. The largest absolute Gasteiger partial charge is 0.369 e. The van der Waals surface area contributed by atoms with Crippen molar-refractivity contribution in [2.45, 2.75) is 6.04 Å². The number of nitrogens with zero attached hydrogens (tertiary/aromatic N) is 1. The highest BCUT2D eigenvalue weighted by atomic mass is 35.5. The number of rotatable bonds is 3. The van der Waals surface area contributed by atoms with Gasteiger partial charge in [0.2, 0.25) is 0 Å². The molecule has 1 aromatic carbocycles. The number of hydrogen-bond donors (Lipinski definition) is 1. The van der Waals surface area contributed by atoms with Gasteiger partial charge in [-0.2, -0.15) is 0 Å². The molecule has 1 saturated heterocycles. The fourth-order valence-electron chi connectivity index (χ4n) is 2.00. The molecule has 0 bridgehead atoms. The van der Waals surface area contributed by atoms with Gasteiger partial charge < -0.3 is 15.0 Å². The molecule has 1 unspecified atom stereocenters. The van der Waals surface area contributed by atoms with Crippen molar-refractivity contribution in [3.8, 4) is 0 Å². The minimum atomic E-state index is -0.0289. The van der Waals surface area contributed by atoms with Crippen molar-refractivity contribution in [1.82, 2.24) is 5.32 Å². The molecule has 1 aliphatic rings. The lowest BCUT2D eigenvalue weighted by Gasteiger charge is -2.35. The first kappa shape index (κ1) is 12.4. The molecule has 17 heavy (non-hydrogen) atoms. The number of anilines is 1. The van der Waals surface area contributed by atoms with Crippen LogP contribution in [-0.4, -0.2) is 38.8 Å². The first-order chi connectivity index (χ1) is 8.22. The number of nitrogens with one attached hydrogen (secondary N) is 1. The number of hydrogen-bond acceptors (Lipinski definition) is 3. The number of morpholine rings is 1. The van der Waals surface area contributed by atoms with Crippen molar-refractivity contribution < 1.29 is 9.53 Å². The van der Waals surface area contributed by atoms with Gasteiger partial charge in [-0.1, -0.05) is 17.7 Å². The van der Waals surface area contributed by atoms with Crippen LogP contribution >= 0.6 is 11.6 Å². The highest BCUT2D eigenvalue weighted by molar-refractivity contribution is 6.30. The van der Waals surface area contributed by atoms with Gasteiger partial charge in [0.25, 0.3) is 5.91 Å². The van der Waals surface area contributed by atoms with Crippen molar-refractivity contribution >= 4 is 23.2 Å². The zero-order valence-corrected chi connectivity index (χ0v) is 10.4. The molecule has 4 nitrogen and oxygen atoms in total. The van der Waals surface area contributed by atoms with E-state index < -0.39 is 0 Å². The van der Waals surface area contributed by atoms with Crippen LogP contribution in [0.5, 0.6) is 0 Å². The standard InChI is InChI=1S/C12H15ClN2O2/c1-14-6-11-7-17-8-12(16)15(11)10-4-2-3-9(13)5-10/h2-5,11,14H,6-8H2,1H3. The molecule has 0 aliphatic carbocycles. The SMILES string of the molecule is CNCC1COCC(=O)N1c1cccc(Cl)c1. The summed E-state index contributed by atoms with van der Waals surface area (Å²) in [5, 5.41) is 3.70. The Hall–Kier alpha value is -1.10. The fourth-order valence-corrected chi connectivity index (χ4v) is 2.18. The molecule has 1 atom stereocenters. The van der Waals surface area contributed by atoms with Crippen LogP contribution < -0.4 is 10.2 Å². The van der Waals surface area contributed by atoms with E-state index in [1.165, 1.54) is 0 Å². The maximum Gasteiger partial charge on any atom is 0.253 e. The van der Waals surface area contributed by atoms with Gasteiger partial charge in [-0.05, 0) is 25.2 Å². The number of benzene rings is 1. The van der Waals surface area contributed by atoms with Crippen LogP contribution in [0.1, 0.15) is 0 Å². The quantitative estimate of drug-likeness (QED) is 0.884. The Labute approximate surface area is 106 Å². The van der Waals surface area contributed by atoms with Gasteiger partial charge in [-0.3, -0.25) is 4.79 Å². The summed E-state index contributed by atoms with van der Waals surface area (Å²) in [4.78, 5) is 13.7. The minimum Gasteiger partial charge on any atom is -0.369 e. The van der Waals surface area contributed by atoms with E-state index in [1.54, 1.807) is 17.0 Å². The highest BCUT2D eigenvalue weighted by Gasteiger charge is 2.29. The zero-order valence-electron chi connectivity index (χ0n) is 9.65. The van der Waals surface area contributed by atoms with E-state index in [2.05, 4.69) is 5.32 Å². The van der Waals surface area contributed by atoms with Gasteiger partial charge in [-0.25, -0.2) is 0 Å². The Morgan fingerprint density at radius 3 is 3.12 bits per heavy atom. The van der Waals surface area contributed by atoms with E-state index in [0.717, 1.165) is 5.69 Å². The third-order valence-electron chi connectivity index (χ3n) is 2.70. The van der Waals surface area contributed by atoms with Gasteiger partial charge in [0.15, 0.2) is 0 Å². The Morgan fingerprint density at radius 2 is 2.41 bits per heavy atom. The van der Waals surface area contributed by atoms with Crippen LogP contribution in [0, 0.1) is 0 Å². The number of amides is 1. The topological polar surface area (TPSA) is 41.6 Å². The molecule has 1 aliphatic heterocycles. The molecule has 1 N–H and O–H groups in total. The summed E-state index contributed by atoms with van der Waals surface area (Å²) in [6.45, 7) is 1.37. The third kappa shape index (κ3) is 2.77. The lowest BCUT2D eigenvalue weighted by molar-refractivity contribution is -0.127. The van der Waals surface area contributed by atoms with Crippen molar-refractivity contribution in [2.24, 2.45) is 0 Å². The molecule has 1 aromatic rings. The molecule has 0 radical (unpaired) electrons. The summed E-state index contributed by atoms with van der Waals surface area (Å²) in [6.07, 6.45) is 0. The Kier molecular flexibility index (Phi) is 3.99. The molecule has 1 amide bonds. The van der Waals surface area contributed by atoms with Gasteiger partial charge in [0.1, 0.15) is 6.61 Å². The summed E-state index contributed by atoms with van der Waals surface area (Å²) in [6, 6.07) is 7.34. The van der Waals surface area contributed by atoms with Crippen LogP contribution in [0.15, 0.2) is 24.3 Å². The van der Waals surface area contributed by atoms with Gasteiger partial charge >= 0.3 is 0 Å². The molecule has 1 heterocycles. The van der Waals surface area contributed by atoms with Crippen LogP contribution in [0.25, 0.3) is 0 Å². The number of halogens is 1. The van der Waals surface area contributed by atoms with E-state index in [4.69, 9.17) is 16.3 Å². The second-order valence-electron chi connectivity index (χ2n) is 3.97. The maximum atomic E-state index is 11.9. The number of carbonyl (C=O) groups excluding carboxylic acids is 1. The Morgan fingerprint density at radius 1 is 1.59 bits per heavy atom. The lowest BCUT2D eigenvalue weighted by Crippen LogP contribution is -2.53. The normalized spacial score (nSPS) is 20.7. The van der Waals surface area contributed by atoms with Crippen LogP contribution in [0.3, 0.4) is 0 Å². The first-order valence-corrected chi connectivity index (χ1v) is 5.90. The molecule has 0 spiro atoms. The molecule has 2 rings (SSSR count). The summed E-state index contributed by atoms with van der Waals surface area (Å²) >= 11 is 5.95. The summed E-state index contributed by atoms with van der Waals surface area (Å²) in [5.41, 5.74) is 0.825. The molecular weight excluding hydrogens is 240 g/mol. The minimum absolute atomic E-state index is 0.0136. The average molecular weight is 255 g/mol. The Balaban J connectivity index is 2.27. The second kappa shape index (κ2) is 5.49. The molecule has 5 heteroatoms. The third-order valence-corrected chi connectivity index (χ3v) is 2.93. The molecule has 0 aromatic heterocycles. The van der Waals surface area contributed by atoms with Crippen LogP contribution in [0.2, 0.25) is 5.02 Å². The predicted molar refractivity (Wildman–Crippen MR) is 67.5 cm³/mol. The van der Waals surface area contributed by atoms with Gasteiger partial charge in [0.05, 0.1) is 12.6 Å². The van der Waals surface area contributed by atoms with Crippen molar-refractivity contribution in [1.29, 1.82) is 0 Å². The first-order valence-electron chi connectivity index (χ1n) is 5.52. The summed E-state index contributed by atoms with van der Waals surface area (Å²) < 4.78 is 5.26. The van der Waals surface area contributed by atoms with Crippen molar-refractivity contribution in [3.63, 3.8) is 0 Å². The van der Waals surface area contributed by atoms with E-state index in [0.29, 0.717) is 18.2 Å². The molecular formula is C12H15ClN2O2. The molecule has 0 saturated carbocycles. The highest BCUT2D eigenvalue weighted by Crippen LogP contribution is 2.23. The van der Waals surface area contributed by atoms with Crippen LogP contribution in [-0.2, 0) is 9.53 Å². The number of ether oxygens (including phenoxy) is 1. The number of carbonyl (C=O) groups is 1. The summed E-state index contributed by atoms with van der Waals surface area (Å²) in [7, 11) is 1.86. The lowest BCUT2D eigenvalue weighted by atomic mass is 10.2. The summed E-state index contributed by atoms with van der Waals surface area (Å²) in [5.74, 6) is -0.0289. The fraction of sp³-hybridized carbons (Fsp3) is 0.417. The van der Waals surface area contributed by atoms with Crippen LogP contribution in [0.4, 0.5) is 5.69 Å². The average Bonchev–Trinajstić information content (AvgIpc) is 2.29. The van der Waals surface area contributed by atoms with E-state index in [1.807, 2.05) is 19.2 Å². The van der Waals surface area contributed by atoms with Crippen molar-refractivity contribution in [3.05, 3.63) is 29.3 Å². The van der Waals surface area contributed by atoms with Crippen molar-refractivity contribution in [2.75, 3.05) is 31.7 Å². The van der Waals surface area contributed by atoms with Gasteiger partial charge in [0, 0.05) is 17.3 Å². The van der Waals surface area contributed by atoms with E-state index >= 15 is 0 Å². The molecule has 1 fully saturated rings. The maximum absolute atomic E-state index is 11.9. The monoisotopic (exact) mass is 254 g/mol. The smallest absolute Gasteiger partial charge is 0.253 e. The number of likely N-dealkylation sites (N-methyl/N-ethyl adjacent to an activating group) is 1. The predicted octanol–water partition coefficient (Wildman–Crippen LogP) is 1.29. The van der Waals surface area contributed by atoms with Gasteiger partial charge in [-0.15, -0.1) is 0 Å². The van der Waals surface area contributed by atoms with E-state index in [9.17, 15) is 4.79 Å². The zero-order chi connectivity index (χ0) is 12.3. The van der Waals surface area contributed by atoms with E-state index in [-0.39, 0.29) is 18.6 Å².